The first-order chi connectivity index (χ1) is 7.84. The number of nitrogens with zero attached hydrogens (tertiary/aromatic N) is 2. The average molecular weight is 209 g/mol. The Balaban J connectivity index is 2.23. The molecule has 3 heteroatoms. The molecular formula is C13H11N3. The number of rotatable bonds is 1. The molecule has 3 rings (SSSR count). The molecule has 0 atom stereocenters. The molecule has 2 aromatic heterocycles. The summed E-state index contributed by atoms with van der Waals surface area (Å²) in [5.41, 5.74) is 4.27. The van der Waals surface area contributed by atoms with E-state index >= 15 is 0 Å². The summed E-state index contributed by atoms with van der Waals surface area (Å²) in [5, 5.41) is 0. The second-order valence-corrected chi connectivity index (χ2v) is 3.79. The average Bonchev–Trinajstić information content (AvgIpc) is 2.73. The van der Waals surface area contributed by atoms with E-state index in [1.165, 1.54) is 5.56 Å². The van der Waals surface area contributed by atoms with Crippen LogP contribution in [0.5, 0.6) is 0 Å². The van der Waals surface area contributed by atoms with Crippen LogP contribution in [0.1, 0.15) is 5.56 Å². The van der Waals surface area contributed by atoms with Gasteiger partial charge in [-0.15, -0.1) is 0 Å². The van der Waals surface area contributed by atoms with Crippen molar-refractivity contribution >= 4 is 11.0 Å². The highest BCUT2D eigenvalue weighted by molar-refractivity contribution is 5.79. The maximum absolute atomic E-state index is 4.55. The Bertz CT molecular complexity index is 607. The Morgan fingerprint density at radius 2 is 2.00 bits per heavy atom. The Kier molecular flexibility index (Phi) is 1.96. The number of hydrogen-bond acceptors (Lipinski definition) is 2. The lowest BCUT2D eigenvalue weighted by molar-refractivity contribution is 1.24. The predicted molar refractivity (Wildman–Crippen MR) is 64.1 cm³/mol. The SMILES string of the molecule is Cc1ccncc1-c1nc2ccccc2[nH]1. The summed E-state index contributed by atoms with van der Waals surface area (Å²) < 4.78 is 0. The molecule has 2 heterocycles. The predicted octanol–water partition coefficient (Wildman–Crippen LogP) is 2.93. The number of imidazole rings is 1. The summed E-state index contributed by atoms with van der Waals surface area (Å²) in [6.07, 6.45) is 3.63. The minimum atomic E-state index is 0.881. The van der Waals surface area contributed by atoms with Crippen LogP contribution in [0.15, 0.2) is 42.7 Å². The number of fused-ring (bicyclic) bond motifs is 1. The molecule has 0 aliphatic heterocycles. The van der Waals surface area contributed by atoms with Gasteiger partial charge in [-0.1, -0.05) is 12.1 Å². The zero-order valence-corrected chi connectivity index (χ0v) is 8.94. The molecule has 78 valence electrons. The van der Waals surface area contributed by atoms with Crippen LogP contribution >= 0.6 is 0 Å². The molecule has 0 aliphatic carbocycles. The van der Waals surface area contributed by atoms with Crippen molar-refractivity contribution in [2.45, 2.75) is 6.92 Å². The van der Waals surface area contributed by atoms with E-state index in [1.54, 1.807) is 6.20 Å². The highest BCUT2D eigenvalue weighted by atomic mass is 14.9. The lowest BCUT2D eigenvalue weighted by Crippen LogP contribution is -1.86. The van der Waals surface area contributed by atoms with Crippen molar-refractivity contribution in [3.63, 3.8) is 0 Å². The molecule has 1 aromatic carbocycles. The van der Waals surface area contributed by atoms with Crippen LogP contribution < -0.4 is 0 Å². The summed E-state index contributed by atoms with van der Waals surface area (Å²) in [4.78, 5) is 12.0. The van der Waals surface area contributed by atoms with Crippen molar-refractivity contribution in [2.75, 3.05) is 0 Å². The summed E-state index contributed by atoms with van der Waals surface area (Å²) in [6, 6.07) is 10.0. The van der Waals surface area contributed by atoms with Gasteiger partial charge in [-0.3, -0.25) is 4.98 Å². The Morgan fingerprint density at radius 3 is 2.81 bits per heavy atom. The maximum atomic E-state index is 4.55. The first-order valence-electron chi connectivity index (χ1n) is 5.20. The van der Waals surface area contributed by atoms with Gasteiger partial charge >= 0.3 is 0 Å². The molecule has 1 N–H and O–H groups in total. The third-order valence-corrected chi connectivity index (χ3v) is 2.68. The van der Waals surface area contributed by atoms with Gasteiger partial charge in [0.15, 0.2) is 0 Å². The quantitative estimate of drug-likeness (QED) is 0.669. The number of H-pyrrole nitrogens is 1. The van der Waals surface area contributed by atoms with E-state index in [0.29, 0.717) is 0 Å². The molecule has 16 heavy (non-hydrogen) atoms. The molecule has 0 bridgehead atoms. The van der Waals surface area contributed by atoms with Gasteiger partial charge < -0.3 is 4.98 Å². The third kappa shape index (κ3) is 1.37. The Hall–Kier alpha value is -2.16. The zero-order chi connectivity index (χ0) is 11.0. The molecule has 3 nitrogen and oxygen atoms in total. The number of aryl methyl sites for hydroxylation is 1. The van der Waals surface area contributed by atoms with Crippen molar-refractivity contribution in [3.8, 4) is 11.4 Å². The summed E-state index contributed by atoms with van der Waals surface area (Å²) in [6.45, 7) is 2.06. The molecule has 0 saturated heterocycles. The van der Waals surface area contributed by atoms with Gasteiger partial charge in [0.1, 0.15) is 5.82 Å². The van der Waals surface area contributed by atoms with Crippen molar-refractivity contribution in [1.82, 2.24) is 15.0 Å². The highest BCUT2D eigenvalue weighted by Gasteiger charge is 2.06. The second kappa shape index (κ2) is 3.45. The van der Waals surface area contributed by atoms with E-state index in [9.17, 15) is 0 Å². The summed E-state index contributed by atoms with van der Waals surface area (Å²) in [7, 11) is 0. The minimum Gasteiger partial charge on any atom is -0.338 e. The van der Waals surface area contributed by atoms with Gasteiger partial charge in [0.05, 0.1) is 11.0 Å². The van der Waals surface area contributed by atoms with Crippen molar-refractivity contribution in [3.05, 3.63) is 48.3 Å². The van der Waals surface area contributed by atoms with Gasteiger partial charge in [-0.25, -0.2) is 4.98 Å². The number of hydrogen-bond donors (Lipinski definition) is 1. The molecule has 0 radical (unpaired) electrons. The topological polar surface area (TPSA) is 41.6 Å². The molecule has 0 amide bonds. The van der Waals surface area contributed by atoms with Crippen LogP contribution in [0.25, 0.3) is 22.4 Å². The molecule has 0 saturated carbocycles. The van der Waals surface area contributed by atoms with Crippen LogP contribution in [-0.2, 0) is 0 Å². The van der Waals surface area contributed by atoms with E-state index in [4.69, 9.17) is 0 Å². The first kappa shape index (κ1) is 9.09. The number of aromatic nitrogens is 3. The van der Waals surface area contributed by atoms with Gasteiger partial charge in [0, 0.05) is 18.0 Å². The number of nitrogens with one attached hydrogen (secondary N) is 1. The molecule has 3 aromatic rings. The smallest absolute Gasteiger partial charge is 0.140 e. The van der Waals surface area contributed by atoms with Crippen LogP contribution in [0.3, 0.4) is 0 Å². The van der Waals surface area contributed by atoms with Crippen LogP contribution in [0, 0.1) is 6.92 Å². The molecule has 0 spiro atoms. The van der Waals surface area contributed by atoms with Gasteiger partial charge in [-0.2, -0.15) is 0 Å². The van der Waals surface area contributed by atoms with E-state index in [0.717, 1.165) is 22.4 Å². The Labute approximate surface area is 93.2 Å². The van der Waals surface area contributed by atoms with Gasteiger partial charge in [-0.05, 0) is 30.7 Å². The minimum absolute atomic E-state index is 0.881. The zero-order valence-electron chi connectivity index (χ0n) is 8.94. The molecule has 0 fully saturated rings. The molecule has 0 aliphatic rings. The lowest BCUT2D eigenvalue weighted by atomic mass is 10.1. The second-order valence-electron chi connectivity index (χ2n) is 3.79. The third-order valence-electron chi connectivity index (χ3n) is 2.68. The number of para-hydroxylation sites is 2. The van der Waals surface area contributed by atoms with E-state index in [2.05, 4.69) is 21.9 Å². The fourth-order valence-corrected chi connectivity index (χ4v) is 1.79. The largest absolute Gasteiger partial charge is 0.338 e. The first-order valence-corrected chi connectivity index (χ1v) is 5.20. The number of benzene rings is 1. The van der Waals surface area contributed by atoms with E-state index in [-0.39, 0.29) is 0 Å². The van der Waals surface area contributed by atoms with Gasteiger partial charge in [0.2, 0.25) is 0 Å². The highest BCUT2D eigenvalue weighted by Crippen LogP contribution is 2.21. The van der Waals surface area contributed by atoms with Crippen molar-refractivity contribution < 1.29 is 0 Å². The fraction of sp³-hybridized carbons (Fsp3) is 0.0769. The van der Waals surface area contributed by atoms with Crippen molar-refractivity contribution in [2.24, 2.45) is 0 Å². The van der Waals surface area contributed by atoms with E-state index < -0.39 is 0 Å². The van der Waals surface area contributed by atoms with Crippen LogP contribution in [0.4, 0.5) is 0 Å². The summed E-state index contributed by atoms with van der Waals surface area (Å²) >= 11 is 0. The standard InChI is InChI=1S/C13H11N3/c1-9-6-7-14-8-10(9)13-15-11-4-2-3-5-12(11)16-13/h2-8H,1H3,(H,15,16). The normalized spacial score (nSPS) is 10.8. The monoisotopic (exact) mass is 209 g/mol. The molecule has 0 unspecified atom stereocenters. The maximum Gasteiger partial charge on any atom is 0.140 e. The fourth-order valence-electron chi connectivity index (χ4n) is 1.79. The van der Waals surface area contributed by atoms with Crippen molar-refractivity contribution in [1.29, 1.82) is 0 Å². The lowest BCUT2D eigenvalue weighted by Gasteiger charge is -1.99. The Morgan fingerprint density at radius 1 is 1.12 bits per heavy atom. The number of pyridine rings is 1. The van der Waals surface area contributed by atoms with Crippen LogP contribution in [-0.4, -0.2) is 15.0 Å². The molecular weight excluding hydrogens is 198 g/mol. The van der Waals surface area contributed by atoms with Gasteiger partial charge in [0.25, 0.3) is 0 Å². The summed E-state index contributed by atoms with van der Waals surface area (Å²) in [5.74, 6) is 0.881. The number of aromatic amines is 1. The van der Waals surface area contributed by atoms with E-state index in [1.807, 2.05) is 36.5 Å². The van der Waals surface area contributed by atoms with Crippen LogP contribution in [0.2, 0.25) is 0 Å².